The van der Waals surface area contributed by atoms with Crippen molar-refractivity contribution in [2.24, 2.45) is 5.92 Å². The first kappa shape index (κ1) is 13.2. The third-order valence-corrected chi connectivity index (χ3v) is 4.23. The quantitative estimate of drug-likeness (QED) is 0.782. The molecule has 100 valence electrons. The Balaban J connectivity index is 2.49. The number of halogens is 3. The lowest BCUT2D eigenvalue weighted by molar-refractivity contribution is -0.138. The summed E-state index contributed by atoms with van der Waals surface area (Å²) in [5.74, 6) is 0.179. The van der Waals surface area contributed by atoms with E-state index in [1.807, 2.05) is 6.92 Å². The van der Waals surface area contributed by atoms with E-state index < -0.39 is 11.7 Å². The first-order valence-corrected chi connectivity index (χ1v) is 6.25. The molecular weight excluding hydrogens is 239 g/mol. The number of rotatable bonds is 1. The lowest BCUT2D eigenvalue weighted by Gasteiger charge is -2.42. The van der Waals surface area contributed by atoms with E-state index in [1.54, 1.807) is 6.07 Å². The van der Waals surface area contributed by atoms with Crippen LogP contribution < -0.4 is 5.32 Å². The highest BCUT2D eigenvalue weighted by Crippen LogP contribution is 2.42. The first-order chi connectivity index (χ1) is 8.28. The fourth-order valence-corrected chi connectivity index (χ4v) is 2.59. The van der Waals surface area contributed by atoms with Gasteiger partial charge in [-0.1, -0.05) is 19.9 Å². The topological polar surface area (TPSA) is 12.0 Å². The van der Waals surface area contributed by atoms with E-state index in [0.29, 0.717) is 17.7 Å². The molecule has 4 heteroatoms. The number of alkyl halides is 3. The zero-order chi connectivity index (χ0) is 13.6. The van der Waals surface area contributed by atoms with E-state index in [1.165, 1.54) is 12.1 Å². The van der Waals surface area contributed by atoms with Gasteiger partial charge in [0.15, 0.2) is 0 Å². The van der Waals surface area contributed by atoms with Crippen LogP contribution in [0, 0.1) is 5.92 Å². The number of benzene rings is 1. The Morgan fingerprint density at radius 3 is 2.61 bits per heavy atom. The third-order valence-electron chi connectivity index (χ3n) is 4.23. The third kappa shape index (κ3) is 2.08. The molecule has 0 fully saturated rings. The average Bonchev–Trinajstić information content (AvgIpc) is 2.28. The van der Waals surface area contributed by atoms with Crippen molar-refractivity contribution in [3.05, 3.63) is 29.3 Å². The van der Waals surface area contributed by atoms with Crippen LogP contribution in [0.5, 0.6) is 0 Å². The van der Waals surface area contributed by atoms with Crippen molar-refractivity contribution in [3.8, 4) is 0 Å². The minimum atomic E-state index is -4.27. The van der Waals surface area contributed by atoms with Gasteiger partial charge in [0, 0.05) is 11.2 Å². The van der Waals surface area contributed by atoms with Crippen molar-refractivity contribution in [2.75, 3.05) is 5.32 Å². The fourth-order valence-electron chi connectivity index (χ4n) is 2.59. The van der Waals surface area contributed by atoms with Gasteiger partial charge in [0.25, 0.3) is 0 Å². The highest BCUT2D eigenvalue weighted by molar-refractivity contribution is 5.59. The lowest BCUT2D eigenvalue weighted by Crippen LogP contribution is -2.45. The van der Waals surface area contributed by atoms with Crippen molar-refractivity contribution in [3.63, 3.8) is 0 Å². The molecule has 1 heterocycles. The van der Waals surface area contributed by atoms with Gasteiger partial charge in [0.2, 0.25) is 0 Å². The Morgan fingerprint density at radius 1 is 1.39 bits per heavy atom. The van der Waals surface area contributed by atoms with Crippen molar-refractivity contribution < 1.29 is 13.2 Å². The zero-order valence-electron chi connectivity index (χ0n) is 10.9. The van der Waals surface area contributed by atoms with Crippen LogP contribution in [0.2, 0.25) is 0 Å². The first-order valence-electron chi connectivity index (χ1n) is 6.25. The van der Waals surface area contributed by atoms with Crippen molar-refractivity contribution >= 4 is 5.69 Å². The molecule has 0 aliphatic carbocycles. The van der Waals surface area contributed by atoms with Crippen LogP contribution in [0.4, 0.5) is 18.9 Å². The Bertz CT molecular complexity index is 453. The Kier molecular flexibility index (Phi) is 3.07. The van der Waals surface area contributed by atoms with Crippen LogP contribution in [0.25, 0.3) is 0 Å². The normalized spacial score (nSPS) is 27.6. The molecule has 1 aliphatic heterocycles. The van der Waals surface area contributed by atoms with Crippen LogP contribution in [0.1, 0.15) is 38.3 Å². The van der Waals surface area contributed by atoms with Gasteiger partial charge in [0.1, 0.15) is 0 Å². The summed E-state index contributed by atoms with van der Waals surface area (Å²) >= 11 is 0. The summed E-state index contributed by atoms with van der Waals surface area (Å²) in [5, 5.41) is 3.29. The van der Waals surface area contributed by atoms with Gasteiger partial charge in [0.05, 0.1) is 5.56 Å². The highest BCUT2D eigenvalue weighted by Gasteiger charge is 2.40. The monoisotopic (exact) mass is 257 g/mol. The van der Waals surface area contributed by atoms with Gasteiger partial charge in [-0.2, -0.15) is 13.2 Å². The summed E-state index contributed by atoms with van der Waals surface area (Å²) in [6.45, 7) is 6.13. The van der Waals surface area contributed by atoms with Gasteiger partial charge in [-0.25, -0.2) is 0 Å². The summed E-state index contributed by atoms with van der Waals surface area (Å²) in [5.41, 5.74) is 0.408. The molecule has 0 bridgehead atoms. The van der Waals surface area contributed by atoms with E-state index >= 15 is 0 Å². The number of hydrogen-bond acceptors (Lipinski definition) is 1. The Labute approximate surface area is 105 Å². The summed E-state index contributed by atoms with van der Waals surface area (Å²) in [6, 6.07) is 4.38. The van der Waals surface area contributed by atoms with Gasteiger partial charge < -0.3 is 5.32 Å². The van der Waals surface area contributed by atoms with E-state index in [4.69, 9.17) is 0 Å². The van der Waals surface area contributed by atoms with Gasteiger partial charge >= 0.3 is 6.18 Å². The molecule has 0 amide bonds. The summed E-state index contributed by atoms with van der Waals surface area (Å²) < 4.78 is 38.8. The largest absolute Gasteiger partial charge is 0.416 e. The molecule has 2 atom stereocenters. The molecule has 1 nitrogen and oxygen atoms in total. The van der Waals surface area contributed by atoms with Crippen LogP contribution in [0.3, 0.4) is 0 Å². The molecule has 1 aromatic carbocycles. The molecule has 0 saturated carbocycles. The molecule has 0 aromatic heterocycles. The van der Waals surface area contributed by atoms with Crippen LogP contribution in [-0.2, 0) is 12.6 Å². The van der Waals surface area contributed by atoms with Gasteiger partial charge in [-0.05, 0) is 43.4 Å². The maximum absolute atomic E-state index is 12.9. The Hall–Kier alpha value is -1.19. The average molecular weight is 257 g/mol. The minimum Gasteiger partial charge on any atom is -0.379 e. The predicted molar refractivity (Wildman–Crippen MR) is 66.6 cm³/mol. The molecule has 1 aromatic rings. The molecule has 2 unspecified atom stereocenters. The second-order valence-corrected chi connectivity index (χ2v) is 5.33. The van der Waals surface area contributed by atoms with Gasteiger partial charge in [-0.3, -0.25) is 0 Å². The molecule has 0 spiro atoms. The molecule has 1 aliphatic rings. The van der Waals surface area contributed by atoms with Crippen LogP contribution in [-0.4, -0.2) is 5.54 Å². The molecule has 1 N–H and O–H groups in total. The molecule has 18 heavy (non-hydrogen) atoms. The Morgan fingerprint density at radius 2 is 2.06 bits per heavy atom. The maximum Gasteiger partial charge on any atom is 0.416 e. The number of nitrogens with one attached hydrogen (secondary N) is 1. The smallest absolute Gasteiger partial charge is 0.379 e. The van der Waals surface area contributed by atoms with Crippen LogP contribution >= 0.6 is 0 Å². The second kappa shape index (κ2) is 4.18. The number of anilines is 1. The molecular formula is C14H18F3N. The standard InChI is InChI=1S/C14H18F3N/c1-4-13(3)9(2)8-10-11(14(15,16)17)6-5-7-12(10)18-13/h5-7,9,18H,4,8H2,1-3H3. The molecule has 2 rings (SSSR count). The van der Waals surface area contributed by atoms with E-state index in [-0.39, 0.29) is 11.5 Å². The highest BCUT2D eigenvalue weighted by atomic mass is 19.4. The summed E-state index contributed by atoms with van der Waals surface area (Å²) in [4.78, 5) is 0. The van der Waals surface area contributed by atoms with Crippen molar-refractivity contribution in [1.29, 1.82) is 0 Å². The number of hydrogen-bond donors (Lipinski definition) is 1. The van der Waals surface area contributed by atoms with Crippen LogP contribution in [0.15, 0.2) is 18.2 Å². The van der Waals surface area contributed by atoms with Crippen molar-refractivity contribution in [2.45, 2.75) is 45.3 Å². The van der Waals surface area contributed by atoms with E-state index in [9.17, 15) is 13.2 Å². The molecule has 0 saturated heterocycles. The zero-order valence-corrected chi connectivity index (χ0v) is 10.9. The van der Waals surface area contributed by atoms with E-state index in [0.717, 1.165) is 6.42 Å². The summed E-state index contributed by atoms with van der Waals surface area (Å²) in [7, 11) is 0. The summed E-state index contributed by atoms with van der Waals surface area (Å²) in [6.07, 6.45) is -2.90. The number of fused-ring (bicyclic) bond motifs is 1. The molecule has 0 radical (unpaired) electrons. The van der Waals surface area contributed by atoms with Crippen molar-refractivity contribution in [1.82, 2.24) is 0 Å². The minimum absolute atomic E-state index is 0.128. The lowest BCUT2D eigenvalue weighted by atomic mass is 9.76. The fraction of sp³-hybridized carbons (Fsp3) is 0.571. The second-order valence-electron chi connectivity index (χ2n) is 5.33. The predicted octanol–water partition coefficient (Wildman–Crippen LogP) is 4.48. The SMILES string of the molecule is CCC1(C)Nc2cccc(C(F)(F)F)c2CC1C. The van der Waals surface area contributed by atoms with E-state index in [2.05, 4.69) is 19.2 Å². The van der Waals surface area contributed by atoms with Gasteiger partial charge in [-0.15, -0.1) is 0 Å². The maximum atomic E-state index is 12.9.